The predicted octanol–water partition coefficient (Wildman–Crippen LogP) is 3.60. The molecule has 9 unspecified atom stereocenters. The van der Waals surface area contributed by atoms with E-state index in [0.717, 1.165) is 25.2 Å². The molecule has 16 nitrogen and oxygen atoms in total. The van der Waals surface area contributed by atoms with Crippen LogP contribution in [0, 0.1) is 0 Å². The van der Waals surface area contributed by atoms with Crippen molar-refractivity contribution < 1.29 is 71.7 Å². The summed E-state index contributed by atoms with van der Waals surface area (Å²) in [6.45, 7) is 1.87. The summed E-state index contributed by atoms with van der Waals surface area (Å²) < 4.78 is 58.5. The van der Waals surface area contributed by atoms with Crippen LogP contribution in [-0.4, -0.2) is 112 Å². The molecule has 1 heterocycles. The number of methoxy groups -OCH3 is 3. The van der Waals surface area contributed by atoms with E-state index in [1.165, 1.54) is 21.1 Å². The lowest BCUT2D eigenvalue weighted by Crippen LogP contribution is -2.67. The molecule has 310 valence electrons. The minimum atomic E-state index is -1.59. The molecular formula is C41H51NO15. The maximum Gasteiger partial charge on any atom is 0.407 e. The Balaban J connectivity index is 1.74. The summed E-state index contributed by atoms with van der Waals surface area (Å²) in [7, 11) is 3.79. The third-order valence-corrected chi connectivity index (χ3v) is 8.80. The van der Waals surface area contributed by atoms with E-state index < -0.39 is 85.7 Å². The van der Waals surface area contributed by atoms with Crippen LogP contribution in [-0.2, 0) is 81.6 Å². The van der Waals surface area contributed by atoms with Crippen LogP contribution in [0.1, 0.15) is 37.0 Å². The molecule has 4 rings (SSSR count). The Kier molecular flexibility index (Phi) is 18.3. The van der Waals surface area contributed by atoms with Gasteiger partial charge in [-0.2, -0.15) is 0 Å². The van der Waals surface area contributed by atoms with E-state index in [1.54, 1.807) is 36.4 Å². The smallest absolute Gasteiger partial charge is 0.407 e. The van der Waals surface area contributed by atoms with E-state index in [4.69, 9.17) is 47.4 Å². The van der Waals surface area contributed by atoms with Gasteiger partial charge in [0.05, 0.1) is 32.8 Å². The number of ether oxygens (including phenoxy) is 10. The number of carbonyl (C=O) groups excluding carboxylic acids is 4. The molecule has 0 aromatic heterocycles. The monoisotopic (exact) mass is 797 g/mol. The third-order valence-electron chi connectivity index (χ3n) is 8.80. The standard InChI is InChI=1S/C41H51NO15/c1-26(43)51-25-32-36(57-40(50-5)38(55-27(2)44)35(31(45)21-33(46)48-3)52-22-28-15-9-6-10-16-28)37(53-23-29-17-11-7-12-18-29)34(39(49-4)56-32)42-41(47)54-24-30-19-13-8-14-20-30/h6-20,31-32,34-40,45H,21-25H2,1-5H3,(H,42,47). The van der Waals surface area contributed by atoms with E-state index >= 15 is 0 Å². The van der Waals surface area contributed by atoms with Gasteiger partial charge in [-0.15, -0.1) is 0 Å². The number of hydrogen-bond acceptors (Lipinski definition) is 15. The lowest BCUT2D eigenvalue weighted by atomic mass is 9.95. The normalized spacial score (nSPS) is 21.3. The van der Waals surface area contributed by atoms with Gasteiger partial charge in [0.2, 0.25) is 0 Å². The first-order chi connectivity index (χ1) is 27.5. The van der Waals surface area contributed by atoms with Crippen molar-refractivity contribution in [1.29, 1.82) is 0 Å². The van der Waals surface area contributed by atoms with Gasteiger partial charge in [-0.1, -0.05) is 91.0 Å². The number of nitrogens with one attached hydrogen (secondary N) is 1. The summed E-state index contributed by atoms with van der Waals surface area (Å²) in [5.41, 5.74) is 2.22. The van der Waals surface area contributed by atoms with E-state index in [0.29, 0.717) is 5.56 Å². The van der Waals surface area contributed by atoms with Crippen molar-refractivity contribution in [1.82, 2.24) is 5.32 Å². The van der Waals surface area contributed by atoms with Gasteiger partial charge in [0.1, 0.15) is 43.7 Å². The number of aliphatic hydroxyl groups is 1. The van der Waals surface area contributed by atoms with Gasteiger partial charge in [-0.25, -0.2) is 4.79 Å². The first kappa shape index (κ1) is 44.8. The fourth-order valence-corrected chi connectivity index (χ4v) is 6.08. The highest BCUT2D eigenvalue weighted by atomic mass is 16.7. The van der Waals surface area contributed by atoms with Crippen molar-refractivity contribution in [3.63, 3.8) is 0 Å². The van der Waals surface area contributed by atoms with E-state index in [2.05, 4.69) is 5.32 Å². The fourth-order valence-electron chi connectivity index (χ4n) is 6.08. The number of rotatable bonds is 21. The average molecular weight is 798 g/mol. The lowest BCUT2D eigenvalue weighted by molar-refractivity contribution is -0.321. The Bertz CT molecular complexity index is 1660. The van der Waals surface area contributed by atoms with E-state index in [1.807, 2.05) is 54.6 Å². The van der Waals surface area contributed by atoms with Crippen molar-refractivity contribution in [3.05, 3.63) is 108 Å². The maximum atomic E-state index is 13.4. The van der Waals surface area contributed by atoms with E-state index in [-0.39, 0.29) is 26.4 Å². The molecule has 0 aliphatic carbocycles. The number of hydrogen-bond donors (Lipinski definition) is 2. The first-order valence-electron chi connectivity index (χ1n) is 18.2. The molecule has 1 aliphatic rings. The number of benzene rings is 3. The summed E-state index contributed by atoms with van der Waals surface area (Å²) in [5, 5.41) is 14.2. The molecule has 16 heteroatoms. The van der Waals surface area contributed by atoms with Crippen molar-refractivity contribution in [2.75, 3.05) is 27.9 Å². The SMILES string of the molecule is COC(=O)CC(O)C(OCc1ccccc1)C(OC(C)=O)C(OC)OC1C(COC(C)=O)OC(OC)C(NC(=O)OCc2ccccc2)C1OCc1ccccc1. The number of esters is 3. The van der Waals surface area contributed by atoms with Gasteiger partial charge in [-0.3, -0.25) is 14.4 Å². The van der Waals surface area contributed by atoms with Crippen molar-refractivity contribution in [2.45, 2.75) is 95.3 Å². The maximum absolute atomic E-state index is 13.4. The fraction of sp³-hybridized carbons (Fsp3) is 0.463. The Morgan fingerprint density at radius 1 is 0.737 bits per heavy atom. The van der Waals surface area contributed by atoms with Crippen LogP contribution in [0.5, 0.6) is 0 Å². The summed E-state index contributed by atoms with van der Waals surface area (Å²) in [4.78, 5) is 50.5. The van der Waals surface area contributed by atoms with Crippen LogP contribution >= 0.6 is 0 Å². The minimum Gasteiger partial charge on any atom is -0.469 e. The molecule has 1 aliphatic heterocycles. The highest BCUT2D eigenvalue weighted by Crippen LogP contribution is 2.31. The van der Waals surface area contributed by atoms with Crippen LogP contribution in [0.2, 0.25) is 0 Å². The minimum absolute atomic E-state index is 0.00497. The van der Waals surface area contributed by atoms with Crippen LogP contribution in [0.15, 0.2) is 91.0 Å². The number of alkyl carbamates (subject to hydrolysis) is 1. The van der Waals surface area contributed by atoms with Crippen molar-refractivity contribution >= 4 is 24.0 Å². The summed E-state index contributed by atoms with van der Waals surface area (Å²) in [6, 6.07) is 26.1. The summed E-state index contributed by atoms with van der Waals surface area (Å²) in [6.07, 6.45) is -12.3. The highest BCUT2D eigenvalue weighted by molar-refractivity contribution is 5.70. The Labute approximate surface area is 331 Å². The number of amides is 1. The molecule has 0 saturated carbocycles. The summed E-state index contributed by atoms with van der Waals surface area (Å²) in [5.74, 6) is -2.18. The zero-order valence-electron chi connectivity index (χ0n) is 32.6. The number of carbonyl (C=O) groups is 4. The predicted molar refractivity (Wildman–Crippen MR) is 200 cm³/mol. The topological polar surface area (TPSA) is 193 Å². The third kappa shape index (κ3) is 14.2. The quantitative estimate of drug-likeness (QED) is 0.0902. The molecule has 1 amide bonds. The zero-order chi connectivity index (χ0) is 41.2. The molecule has 3 aromatic rings. The van der Waals surface area contributed by atoms with Gasteiger partial charge in [-0.05, 0) is 16.7 Å². The van der Waals surface area contributed by atoms with Crippen molar-refractivity contribution in [3.8, 4) is 0 Å². The van der Waals surface area contributed by atoms with Crippen LogP contribution < -0.4 is 5.32 Å². The molecule has 0 spiro atoms. The molecule has 57 heavy (non-hydrogen) atoms. The van der Waals surface area contributed by atoms with E-state index in [9.17, 15) is 24.3 Å². The Morgan fingerprint density at radius 2 is 1.32 bits per heavy atom. The molecule has 9 atom stereocenters. The van der Waals surface area contributed by atoms with Gasteiger partial charge in [0.25, 0.3) is 0 Å². The van der Waals surface area contributed by atoms with Crippen molar-refractivity contribution in [2.24, 2.45) is 0 Å². The Hall–Kier alpha value is -4.94. The molecule has 2 N–H and O–H groups in total. The van der Waals surface area contributed by atoms with Crippen LogP contribution in [0.25, 0.3) is 0 Å². The first-order valence-corrected chi connectivity index (χ1v) is 18.2. The largest absolute Gasteiger partial charge is 0.469 e. The average Bonchev–Trinajstić information content (AvgIpc) is 3.21. The van der Waals surface area contributed by atoms with Gasteiger partial charge in [0, 0.05) is 28.1 Å². The Morgan fingerprint density at radius 3 is 1.84 bits per heavy atom. The molecule has 0 bridgehead atoms. The van der Waals surface area contributed by atoms with Gasteiger partial charge in [0.15, 0.2) is 18.7 Å². The van der Waals surface area contributed by atoms with Gasteiger partial charge < -0.3 is 57.8 Å². The van der Waals surface area contributed by atoms with Crippen LogP contribution in [0.3, 0.4) is 0 Å². The molecule has 3 aromatic carbocycles. The van der Waals surface area contributed by atoms with Crippen LogP contribution in [0.4, 0.5) is 4.79 Å². The molecule has 1 saturated heterocycles. The molecular weight excluding hydrogens is 746 g/mol. The molecule has 0 radical (unpaired) electrons. The second kappa shape index (κ2) is 23.3. The highest BCUT2D eigenvalue weighted by Gasteiger charge is 2.52. The molecule has 1 fully saturated rings. The second-order valence-electron chi connectivity index (χ2n) is 13.0. The zero-order valence-corrected chi connectivity index (χ0v) is 32.6. The number of aliphatic hydroxyl groups excluding tert-OH is 1. The van der Waals surface area contributed by atoms with Gasteiger partial charge >= 0.3 is 24.0 Å². The lowest BCUT2D eigenvalue weighted by Gasteiger charge is -2.47. The second-order valence-corrected chi connectivity index (χ2v) is 13.0. The summed E-state index contributed by atoms with van der Waals surface area (Å²) >= 11 is 0.